The van der Waals surface area contributed by atoms with E-state index in [1.54, 1.807) is 6.20 Å². The molecule has 0 spiro atoms. The van der Waals surface area contributed by atoms with Gasteiger partial charge in [-0.15, -0.1) is 11.3 Å². The fraction of sp³-hybridized carbons (Fsp3) is 0.474. The molecule has 0 saturated carbocycles. The van der Waals surface area contributed by atoms with Crippen molar-refractivity contribution in [1.29, 1.82) is 0 Å². The average molecular weight is 359 g/mol. The molecule has 1 aromatic carbocycles. The molecule has 6 heteroatoms. The zero-order valence-corrected chi connectivity index (χ0v) is 15.4. The Balaban J connectivity index is 1.56. The van der Waals surface area contributed by atoms with Crippen molar-refractivity contribution in [1.82, 2.24) is 9.88 Å². The minimum absolute atomic E-state index is 0.0107. The Morgan fingerprint density at radius 2 is 2.40 bits per heavy atom. The van der Waals surface area contributed by atoms with Gasteiger partial charge in [-0.1, -0.05) is 29.8 Å². The van der Waals surface area contributed by atoms with Crippen molar-refractivity contribution in [3.63, 3.8) is 0 Å². The van der Waals surface area contributed by atoms with Crippen LogP contribution in [0.2, 0.25) is 0 Å². The molecule has 0 aliphatic carbocycles. The molecule has 2 aromatic rings. The summed E-state index contributed by atoms with van der Waals surface area (Å²) in [7, 11) is 0. The van der Waals surface area contributed by atoms with Crippen molar-refractivity contribution in [3.8, 4) is 0 Å². The fourth-order valence-electron chi connectivity index (χ4n) is 3.11. The van der Waals surface area contributed by atoms with E-state index in [1.165, 1.54) is 22.5 Å². The van der Waals surface area contributed by atoms with E-state index >= 15 is 0 Å². The lowest BCUT2D eigenvalue weighted by Crippen LogP contribution is -2.34. The summed E-state index contributed by atoms with van der Waals surface area (Å²) in [6.45, 7) is 5.39. The van der Waals surface area contributed by atoms with Crippen LogP contribution in [0.25, 0.3) is 0 Å². The second-order valence-corrected chi connectivity index (χ2v) is 7.39. The summed E-state index contributed by atoms with van der Waals surface area (Å²) in [4.78, 5) is 18.6. The van der Waals surface area contributed by atoms with Gasteiger partial charge in [0, 0.05) is 44.2 Å². The number of hydrogen-bond acceptors (Lipinski definition) is 5. The Hall–Kier alpha value is -1.76. The molecule has 134 valence electrons. The van der Waals surface area contributed by atoms with Crippen LogP contribution < -0.4 is 5.32 Å². The molecule has 1 aliphatic rings. The van der Waals surface area contributed by atoms with Crippen LogP contribution in [0.15, 0.2) is 35.8 Å². The number of carbonyl (C=O) groups is 1. The van der Waals surface area contributed by atoms with Gasteiger partial charge in [0.2, 0.25) is 5.91 Å². The Morgan fingerprint density at radius 3 is 3.12 bits per heavy atom. The number of aryl methyl sites for hydroxylation is 1. The maximum absolute atomic E-state index is 12.2. The molecule has 0 radical (unpaired) electrons. The maximum atomic E-state index is 12.2. The Kier molecular flexibility index (Phi) is 6.55. The molecule has 25 heavy (non-hydrogen) atoms. The van der Waals surface area contributed by atoms with Crippen LogP contribution in [0.4, 0.5) is 5.13 Å². The summed E-state index contributed by atoms with van der Waals surface area (Å²) in [5, 5.41) is 5.37. The highest BCUT2D eigenvalue weighted by molar-refractivity contribution is 7.13. The lowest BCUT2D eigenvalue weighted by atomic mass is 10.1. The zero-order valence-electron chi connectivity index (χ0n) is 14.6. The number of aromatic nitrogens is 1. The molecule has 1 N–H and O–H groups in total. The largest absolute Gasteiger partial charge is 0.377 e. The number of nitrogens with zero attached hydrogens (tertiary/aromatic N) is 2. The summed E-state index contributed by atoms with van der Waals surface area (Å²) < 4.78 is 5.79. The predicted octanol–water partition coefficient (Wildman–Crippen LogP) is 3.46. The van der Waals surface area contributed by atoms with E-state index in [2.05, 4.69) is 46.4 Å². The lowest BCUT2D eigenvalue weighted by Gasteiger charge is -2.25. The number of rotatable bonds is 8. The monoisotopic (exact) mass is 359 g/mol. The summed E-state index contributed by atoms with van der Waals surface area (Å²) in [5.41, 5.74) is 2.54. The van der Waals surface area contributed by atoms with Crippen molar-refractivity contribution in [2.24, 2.45) is 0 Å². The number of hydrogen-bond donors (Lipinski definition) is 1. The van der Waals surface area contributed by atoms with Crippen LogP contribution in [-0.2, 0) is 16.1 Å². The molecule has 2 heterocycles. The Bertz CT molecular complexity index is 669. The summed E-state index contributed by atoms with van der Waals surface area (Å²) in [5.74, 6) is 0.0107. The van der Waals surface area contributed by atoms with Gasteiger partial charge in [0.05, 0.1) is 6.10 Å². The van der Waals surface area contributed by atoms with Crippen molar-refractivity contribution in [2.75, 3.05) is 25.0 Å². The second kappa shape index (κ2) is 9.08. The first-order valence-corrected chi connectivity index (χ1v) is 9.66. The molecule has 3 rings (SSSR count). The maximum Gasteiger partial charge on any atom is 0.227 e. The molecule has 1 fully saturated rings. The van der Waals surface area contributed by atoms with Gasteiger partial charge in [-0.3, -0.25) is 9.69 Å². The second-order valence-electron chi connectivity index (χ2n) is 6.49. The topological polar surface area (TPSA) is 54.5 Å². The normalized spacial score (nSPS) is 17.1. The Morgan fingerprint density at radius 1 is 1.48 bits per heavy atom. The van der Waals surface area contributed by atoms with Crippen LogP contribution in [0.5, 0.6) is 0 Å². The predicted molar refractivity (Wildman–Crippen MR) is 101 cm³/mol. The van der Waals surface area contributed by atoms with Gasteiger partial charge >= 0.3 is 0 Å². The molecule has 0 bridgehead atoms. The molecular formula is C19H25N3O2S. The molecule has 1 saturated heterocycles. The summed E-state index contributed by atoms with van der Waals surface area (Å²) in [6, 6.07) is 8.54. The zero-order chi connectivity index (χ0) is 17.5. The third-order valence-electron chi connectivity index (χ3n) is 4.31. The number of anilines is 1. The number of amides is 1. The van der Waals surface area contributed by atoms with E-state index in [-0.39, 0.29) is 12.0 Å². The molecular weight excluding hydrogens is 334 g/mol. The molecule has 1 aliphatic heterocycles. The van der Waals surface area contributed by atoms with Crippen LogP contribution in [-0.4, -0.2) is 41.6 Å². The average Bonchev–Trinajstić information content (AvgIpc) is 3.26. The number of ether oxygens (including phenoxy) is 1. The van der Waals surface area contributed by atoms with Crippen LogP contribution in [0.3, 0.4) is 0 Å². The standard InChI is InChI=1S/C19H25N3O2S/c1-15-4-2-5-16(12-15)13-22(14-17-6-3-10-24-17)9-7-18(23)21-19-20-8-11-25-19/h2,4-5,8,11-12,17H,3,6-7,9-10,13-14H2,1H3,(H,20,21,23). The minimum atomic E-state index is 0.0107. The van der Waals surface area contributed by atoms with E-state index in [4.69, 9.17) is 4.74 Å². The van der Waals surface area contributed by atoms with E-state index in [0.717, 1.165) is 32.5 Å². The minimum Gasteiger partial charge on any atom is -0.377 e. The highest BCUT2D eigenvalue weighted by Crippen LogP contribution is 2.16. The van der Waals surface area contributed by atoms with E-state index < -0.39 is 0 Å². The number of benzene rings is 1. The summed E-state index contributed by atoms with van der Waals surface area (Å²) >= 11 is 1.44. The first-order chi connectivity index (χ1) is 12.2. The van der Waals surface area contributed by atoms with Crippen molar-refractivity contribution in [3.05, 3.63) is 47.0 Å². The quantitative estimate of drug-likeness (QED) is 0.784. The van der Waals surface area contributed by atoms with Crippen LogP contribution in [0.1, 0.15) is 30.4 Å². The molecule has 1 amide bonds. The van der Waals surface area contributed by atoms with Crippen molar-refractivity contribution >= 4 is 22.4 Å². The van der Waals surface area contributed by atoms with Gasteiger partial charge in [-0.25, -0.2) is 4.98 Å². The van der Waals surface area contributed by atoms with Gasteiger partial charge in [0.1, 0.15) is 0 Å². The highest BCUT2D eigenvalue weighted by Gasteiger charge is 2.20. The third-order valence-corrected chi connectivity index (χ3v) is 5.00. The molecule has 1 aromatic heterocycles. The van der Waals surface area contributed by atoms with Crippen molar-refractivity contribution < 1.29 is 9.53 Å². The van der Waals surface area contributed by atoms with Crippen LogP contribution in [0, 0.1) is 6.92 Å². The summed E-state index contributed by atoms with van der Waals surface area (Å²) in [6.07, 6.45) is 4.68. The SMILES string of the molecule is Cc1cccc(CN(CCC(=O)Nc2nccs2)CC2CCCO2)c1. The van der Waals surface area contributed by atoms with E-state index in [1.807, 2.05) is 5.38 Å². The van der Waals surface area contributed by atoms with Gasteiger partial charge in [0.25, 0.3) is 0 Å². The van der Waals surface area contributed by atoms with E-state index in [9.17, 15) is 4.79 Å². The first-order valence-electron chi connectivity index (χ1n) is 8.78. The molecule has 5 nitrogen and oxygen atoms in total. The lowest BCUT2D eigenvalue weighted by molar-refractivity contribution is -0.116. The molecule has 1 atom stereocenters. The fourth-order valence-corrected chi connectivity index (χ4v) is 3.65. The number of nitrogens with one attached hydrogen (secondary N) is 1. The van der Waals surface area contributed by atoms with Crippen molar-refractivity contribution in [2.45, 2.75) is 38.8 Å². The van der Waals surface area contributed by atoms with Crippen LogP contribution >= 0.6 is 11.3 Å². The van der Waals surface area contributed by atoms with Gasteiger partial charge in [-0.2, -0.15) is 0 Å². The van der Waals surface area contributed by atoms with E-state index in [0.29, 0.717) is 18.1 Å². The Labute approximate surface area is 153 Å². The number of thiazole rings is 1. The smallest absolute Gasteiger partial charge is 0.227 e. The van der Waals surface area contributed by atoms with Gasteiger partial charge in [0.15, 0.2) is 5.13 Å². The highest BCUT2D eigenvalue weighted by atomic mass is 32.1. The number of carbonyl (C=O) groups excluding carboxylic acids is 1. The third kappa shape index (κ3) is 5.92. The first kappa shape index (κ1) is 18.0. The van der Waals surface area contributed by atoms with Gasteiger partial charge < -0.3 is 10.1 Å². The van der Waals surface area contributed by atoms with Gasteiger partial charge in [-0.05, 0) is 25.3 Å². The molecule has 1 unspecified atom stereocenters.